The molecule has 0 spiro atoms. The van der Waals surface area contributed by atoms with Crippen LogP contribution in [0.15, 0.2) is 170 Å². The molecule has 12 rings (SSSR count). The molecule has 12 aromatic rings. The van der Waals surface area contributed by atoms with Crippen molar-refractivity contribution in [3.63, 3.8) is 0 Å². The zero-order chi connectivity index (χ0) is 39.6. The maximum atomic E-state index is 9.97. The molecule has 0 saturated carbocycles. The number of hydrogen-bond donors (Lipinski definition) is 0. The Morgan fingerprint density at radius 3 is 1.90 bits per heavy atom. The fraction of sp³-hybridized carbons (Fsp3) is 0.0727. The van der Waals surface area contributed by atoms with Crippen molar-refractivity contribution in [3.8, 4) is 28.6 Å². The second-order valence-corrected chi connectivity index (χ2v) is 17.9. The SMILES string of the molecule is CC(C)(C)c1ccc(-n2c3ccccc3c3cc(-c4ccc5c(c4)c4ccccc4n5-c4cc5ccccc5c5ccccc45)c4sc5cc(C#N)ccc5c4c32)cc1. The van der Waals surface area contributed by atoms with E-state index in [1.54, 1.807) is 11.3 Å². The molecule has 0 unspecified atom stereocenters. The van der Waals surface area contributed by atoms with E-state index in [4.69, 9.17) is 0 Å². The molecule has 0 aliphatic rings. The summed E-state index contributed by atoms with van der Waals surface area (Å²) in [7, 11) is 0. The maximum absolute atomic E-state index is 9.97. The van der Waals surface area contributed by atoms with Gasteiger partial charge in [-0.3, -0.25) is 0 Å². The van der Waals surface area contributed by atoms with Crippen LogP contribution in [0.25, 0.3) is 108 Å². The lowest BCUT2D eigenvalue weighted by Gasteiger charge is -2.19. The quantitative estimate of drug-likeness (QED) is 0.165. The molecule has 0 aliphatic carbocycles. The number of nitriles is 1. The van der Waals surface area contributed by atoms with Crippen molar-refractivity contribution in [2.75, 3.05) is 0 Å². The van der Waals surface area contributed by atoms with E-state index in [9.17, 15) is 5.26 Å². The minimum atomic E-state index is 0.0558. The number of rotatable bonds is 3. The predicted molar refractivity (Wildman–Crippen MR) is 252 cm³/mol. The van der Waals surface area contributed by atoms with Crippen molar-refractivity contribution in [1.29, 1.82) is 5.26 Å². The van der Waals surface area contributed by atoms with Crippen molar-refractivity contribution < 1.29 is 0 Å². The number of fused-ring (bicyclic) bond motifs is 13. The molecule has 0 atom stereocenters. The van der Waals surface area contributed by atoms with Crippen LogP contribution in [-0.4, -0.2) is 9.13 Å². The van der Waals surface area contributed by atoms with Crippen LogP contribution in [-0.2, 0) is 5.41 Å². The van der Waals surface area contributed by atoms with Gasteiger partial charge >= 0.3 is 0 Å². The first-order valence-corrected chi connectivity index (χ1v) is 21.1. The average molecular weight is 772 g/mol. The minimum absolute atomic E-state index is 0.0558. The smallest absolute Gasteiger partial charge is 0.0992 e. The van der Waals surface area contributed by atoms with Gasteiger partial charge in [-0.1, -0.05) is 130 Å². The summed E-state index contributed by atoms with van der Waals surface area (Å²) in [5, 5.41) is 22.2. The zero-order valence-corrected chi connectivity index (χ0v) is 33.7. The summed E-state index contributed by atoms with van der Waals surface area (Å²) >= 11 is 1.79. The zero-order valence-electron chi connectivity index (χ0n) is 32.9. The fourth-order valence-corrected chi connectivity index (χ4v) is 11.0. The standard InChI is InChI=1S/C55H37N3S/c1-55(2,3)36-22-24-37(25-23-36)57-47-18-10-9-17-42(47)46-31-44(54-52(53(46)57)43-26-20-33(32-56)28-51(43)59-54)35-21-27-49-45(29-35)41-16-8-11-19-48(41)58(49)50-30-34-12-4-5-13-38(34)39-14-6-7-15-40(39)50/h4-31H,1-3H3. The summed E-state index contributed by atoms with van der Waals surface area (Å²) < 4.78 is 7.26. The topological polar surface area (TPSA) is 33.6 Å². The highest BCUT2D eigenvalue weighted by Gasteiger charge is 2.24. The van der Waals surface area contributed by atoms with Crippen LogP contribution < -0.4 is 0 Å². The van der Waals surface area contributed by atoms with E-state index in [0.717, 1.165) is 10.4 Å². The Morgan fingerprint density at radius 1 is 0.508 bits per heavy atom. The van der Waals surface area contributed by atoms with E-state index in [2.05, 4.69) is 200 Å². The van der Waals surface area contributed by atoms with Crippen LogP contribution in [0.4, 0.5) is 0 Å². The van der Waals surface area contributed by atoms with E-state index in [1.165, 1.54) is 103 Å². The van der Waals surface area contributed by atoms with Gasteiger partial charge in [-0.25, -0.2) is 0 Å². The Hall–Kier alpha value is -7.19. The molecule has 0 saturated heterocycles. The molecule has 0 radical (unpaired) electrons. The summed E-state index contributed by atoms with van der Waals surface area (Å²) in [6, 6.07) is 64.7. The Labute approximate surface area is 345 Å². The highest BCUT2D eigenvalue weighted by Crippen LogP contribution is 2.49. The summed E-state index contributed by atoms with van der Waals surface area (Å²) in [6.45, 7) is 6.79. The van der Waals surface area contributed by atoms with Crippen LogP contribution in [0.2, 0.25) is 0 Å². The van der Waals surface area contributed by atoms with Gasteiger partial charge < -0.3 is 9.13 Å². The highest BCUT2D eigenvalue weighted by molar-refractivity contribution is 7.26. The van der Waals surface area contributed by atoms with Gasteiger partial charge in [0.15, 0.2) is 0 Å². The molecular weight excluding hydrogens is 735 g/mol. The molecule has 0 amide bonds. The third kappa shape index (κ3) is 4.92. The van der Waals surface area contributed by atoms with E-state index < -0.39 is 0 Å². The van der Waals surface area contributed by atoms with E-state index in [1.807, 2.05) is 6.07 Å². The molecule has 278 valence electrons. The molecule has 3 heterocycles. The second kappa shape index (κ2) is 12.4. The Morgan fingerprint density at radius 2 is 1.15 bits per heavy atom. The molecule has 0 N–H and O–H groups in total. The maximum Gasteiger partial charge on any atom is 0.0992 e. The number of nitrogens with zero attached hydrogens (tertiary/aromatic N) is 3. The fourth-order valence-electron chi connectivity index (χ4n) is 9.67. The minimum Gasteiger partial charge on any atom is -0.309 e. The molecule has 3 nitrogen and oxygen atoms in total. The number of thiophene rings is 1. The van der Waals surface area contributed by atoms with Crippen molar-refractivity contribution in [2.24, 2.45) is 0 Å². The Balaban J connectivity index is 1.17. The van der Waals surface area contributed by atoms with E-state index in [0.29, 0.717) is 5.56 Å². The molecule has 9 aromatic carbocycles. The normalized spacial score (nSPS) is 12.3. The monoisotopic (exact) mass is 771 g/mol. The van der Waals surface area contributed by atoms with Gasteiger partial charge in [0.2, 0.25) is 0 Å². The van der Waals surface area contributed by atoms with Crippen LogP contribution in [0.5, 0.6) is 0 Å². The summed E-state index contributed by atoms with van der Waals surface area (Å²) in [4.78, 5) is 0. The van der Waals surface area contributed by atoms with Crippen molar-refractivity contribution in [3.05, 3.63) is 181 Å². The van der Waals surface area contributed by atoms with Gasteiger partial charge in [0.05, 0.1) is 39.4 Å². The number of para-hydroxylation sites is 2. The van der Waals surface area contributed by atoms with Crippen LogP contribution >= 0.6 is 11.3 Å². The van der Waals surface area contributed by atoms with Gasteiger partial charge in [0.1, 0.15) is 0 Å². The molecule has 3 aromatic heterocycles. The van der Waals surface area contributed by atoms with Crippen LogP contribution in [0.3, 0.4) is 0 Å². The first kappa shape index (κ1) is 33.9. The summed E-state index contributed by atoms with van der Waals surface area (Å²) in [6.07, 6.45) is 0. The first-order valence-electron chi connectivity index (χ1n) is 20.2. The molecule has 0 bridgehead atoms. The van der Waals surface area contributed by atoms with Gasteiger partial charge in [-0.15, -0.1) is 11.3 Å². The molecule has 4 heteroatoms. The van der Waals surface area contributed by atoms with Gasteiger partial charge in [-0.05, 0) is 93.4 Å². The van der Waals surface area contributed by atoms with Gasteiger partial charge in [0.25, 0.3) is 0 Å². The molecule has 0 aliphatic heterocycles. The average Bonchev–Trinajstić information content (AvgIpc) is 3.93. The first-order chi connectivity index (χ1) is 28.9. The van der Waals surface area contributed by atoms with Crippen molar-refractivity contribution in [2.45, 2.75) is 26.2 Å². The summed E-state index contributed by atoms with van der Waals surface area (Å²) in [5.41, 5.74) is 11.5. The lowest BCUT2D eigenvalue weighted by molar-refractivity contribution is 0.590. The van der Waals surface area contributed by atoms with Crippen molar-refractivity contribution in [1.82, 2.24) is 9.13 Å². The number of hydrogen-bond acceptors (Lipinski definition) is 2. The summed E-state index contributed by atoms with van der Waals surface area (Å²) in [5.74, 6) is 0. The third-order valence-corrected chi connectivity index (χ3v) is 13.7. The number of benzene rings is 9. The second-order valence-electron chi connectivity index (χ2n) is 16.8. The van der Waals surface area contributed by atoms with E-state index in [-0.39, 0.29) is 5.41 Å². The van der Waals surface area contributed by atoms with Gasteiger partial charge in [0, 0.05) is 58.4 Å². The Bertz CT molecular complexity index is 3770. The van der Waals surface area contributed by atoms with Crippen LogP contribution in [0, 0.1) is 11.3 Å². The lowest BCUT2D eigenvalue weighted by Crippen LogP contribution is -2.10. The molecular formula is C55H37N3S. The lowest BCUT2D eigenvalue weighted by atomic mass is 9.87. The van der Waals surface area contributed by atoms with Crippen LogP contribution in [0.1, 0.15) is 31.9 Å². The predicted octanol–water partition coefficient (Wildman–Crippen LogP) is 15.4. The molecule has 59 heavy (non-hydrogen) atoms. The largest absolute Gasteiger partial charge is 0.309 e. The Kier molecular flexibility index (Phi) is 7.13. The van der Waals surface area contributed by atoms with E-state index >= 15 is 0 Å². The third-order valence-electron chi connectivity index (χ3n) is 12.5. The highest BCUT2D eigenvalue weighted by atomic mass is 32.1. The van der Waals surface area contributed by atoms with Crippen molar-refractivity contribution >= 4 is 96.7 Å². The molecule has 0 fully saturated rings. The van der Waals surface area contributed by atoms with Gasteiger partial charge in [-0.2, -0.15) is 5.26 Å². The number of aromatic nitrogens is 2.